The van der Waals surface area contributed by atoms with Gasteiger partial charge in [-0.1, -0.05) is 18.2 Å². The van der Waals surface area contributed by atoms with Gasteiger partial charge in [0.05, 0.1) is 6.61 Å². The van der Waals surface area contributed by atoms with Crippen LogP contribution in [0.4, 0.5) is 5.69 Å². The Balaban J connectivity index is 2.09. The Labute approximate surface area is 125 Å². The number of nitrogens with zero attached hydrogens (tertiary/aromatic N) is 1. The molecule has 1 aromatic carbocycles. The Bertz CT molecular complexity index is 498. The molecule has 0 aliphatic heterocycles. The number of ether oxygens (including phenoxy) is 1. The summed E-state index contributed by atoms with van der Waals surface area (Å²) in [6.07, 6.45) is 1.24. The van der Waals surface area contributed by atoms with Gasteiger partial charge in [-0.3, -0.25) is 9.59 Å². The average molecular weight is 290 g/mol. The Morgan fingerprint density at radius 2 is 1.95 bits per heavy atom. The third-order valence-corrected chi connectivity index (χ3v) is 3.82. The lowest BCUT2D eigenvalue weighted by atomic mass is 10.0. The van der Waals surface area contributed by atoms with Crippen molar-refractivity contribution in [2.75, 3.05) is 31.7 Å². The van der Waals surface area contributed by atoms with Crippen molar-refractivity contribution >= 4 is 17.5 Å². The van der Waals surface area contributed by atoms with Crippen LogP contribution in [-0.2, 0) is 14.3 Å². The van der Waals surface area contributed by atoms with Gasteiger partial charge >= 0.3 is 0 Å². The molecule has 0 aromatic heterocycles. The summed E-state index contributed by atoms with van der Waals surface area (Å²) in [6.45, 7) is 3.35. The van der Waals surface area contributed by atoms with Crippen LogP contribution in [0.3, 0.4) is 0 Å². The number of anilines is 1. The second-order valence-corrected chi connectivity index (χ2v) is 5.22. The summed E-state index contributed by atoms with van der Waals surface area (Å²) in [5, 5.41) is 2.79. The highest BCUT2D eigenvalue weighted by molar-refractivity contribution is 6.14. The summed E-state index contributed by atoms with van der Waals surface area (Å²) in [6, 6.07) is 9.47. The summed E-state index contributed by atoms with van der Waals surface area (Å²) in [5.41, 5.74) is -0.0412. The molecule has 2 rings (SSSR count). The summed E-state index contributed by atoms with van der Waals surface area (Å²) in [7, 11) is 1.58. The fraction of sp³-hybridized carbons (Fsp3) is 0.500. The molecule has 0 spiro atoms. The maximum atomic E-state index is 12.8. The highest BCUT2D eigenvalue weighted by Gasteiger charge is 2.57. The largest absolute Gasteiger partial charge is 0.383 e. The first-order valence-corrected chi connectivity index (χ1v) is 7.30. The van der Waals surface area contributed by atoms with E-state index in [9.17, 15) is 9.59 Å². The van der Waals surface area contributed by atoms with E-state index in [-0.39, 0.29) is 11.8 Å². The normalized spacial score (nSPS) is 15.3. The standard InChI is InChI=1S/C16H22N2O3/c1-3-18(13-7-5-4-6-8-13)15(20)16(9-10-16)14(19)17-11-12-21-2/h4-8H,3,9-12H2,1-2H3,(H,17,19). The van der Waals surface area contributed by atoms with Crippen molar-refractivity contribution in [1.29, 1.82) is 0 Å². The van der Waals surface area contributed by atoms with Gasteiger partial charge in [0.25, 0.3) is 0 Å². The fourth-order valence-corrected chi connectivity index (χ4v) is 2.41. The lowest BCUT2D eigenvalue weighted by Crippen LogP contribution is -2.46. The molecule has 5 nitrogen and oxygen atoms in total. The van der Waals surface area contributed by atoms with Crippen LogP contribution in [0.25, 0.3) is 0 Å². The lowest BCUT2D eigenvalue weighted by Gasteiger charge is -2.25. The maximum absolute atomic E-state index is 12.8. The van der Waals surface area contributed by atoms with Gasteiger partial charge in [-0.25, -0.2) is 0 Å². The molecule has 5 heteroatoms. The van der Waals surface area contributed by atoms with E-state index in [1.807, 2.05) is 37.3 Å². The van der Waals surface area contributed by atoms with Gasteiger partial charge in [-0.15, -0.1) is 0 Å². The van der Waals surface area contributed by atoms with Crippen molar-refractivity contribution in [3.05, 3.63) is 30.3 Å². The van der Waals surface area contributed by atoms with Crippen LogP contribution in [0, 0.1) is 5.41 Å². The quantitative estimate of drug-likeness (QED) is 0.613. The van der Waals surface area contributed by atoms with Gasteiger partial charge in [-0.2, -0.15) is 0 Å². The zero-order chi connectivity index (χ0) is 15.3. The van der Waals surface area contributed by atoms with Crippen molar-refractivity contribution in [2.24, 2.45) is 5.41 Å². The number of benzene rings is 1. The van der Waals surface area contributed by atoms with Crippen LogP contribution < -0.4 is 10.2 Å². The van der Waals surface area contributed by atoms with Crippen molar-refractivity contribution < 1.29 is 14.3 Å². The van der Waals surface area contributed by atoms with Crippen molar-refractivity contribution in [3.63, 3.8) is 0 Å². The lowest BCUT2D eigenvalue weighted by molar-refractivity contribution is -0.135. The maximum Gasteiger partial charge on any atom is 0.242 e. The van der Waals surface area contributed by atoms with Crippen molar-refractivity contribution in [2.45, 2.75) is 19.8 Å². The summed E-state index contributed by atoms with van der Waals surface area (Å²) in [4.78, 5) is 26.7. The molecular formula is C16H22N2O3. The number of carbonyl (C=O) groups excluding carboxylic acids is 2. The molecule has 0 unspecified atom stereocenters. The van der Waals surface area contributed by atoms with E-state index in [2.05, 4.69) is 5.32 Å². The minimum Gasteiger partial charge on any atom is -0.383 e. The fourth-order valence-electron chi connectivity index (χ4n) is 2.41. The summed E-state index contributed by atoms with van der Waals surface area (Å²) < 4.78 is 4.91. The van der Waals surface area contributed by atoms with E-state index in [4.69, 9.17) is 4.74 Å². The first-order valence-electron chi connectivity index (χ1n) is 7.30. The molecule has 1 N–H and O–H groups in total. The van der Waals surface area contributed by atoms with Crippen molar-refractivity contribution in [3.8, 4) is 0 Å². The first kappa shape index (κ1) is 15.5. The number of hydrogen-bond donors (Lipinski definition) is 1. The van der Waals surface area contributed by atoms with Gasteiger partial charge < -0.3 is 15.0 Å². The molecule has 0 radical (unpaired) electrons. The number of methoxy groups -OCH3 is 1. The molecule has 1 saturated carbocycles. The van der Waals surface area contributed by atoms with Crippen LogP contribution in [-0.4, -0.2) is 38.6 Å². The van der Waals surface area contributed by atoms with E-state index < -0.39 is 5.41 Å². The molecule has 2 amide bonds. The van der Waals surface area contributed by atoms with E-state index in [1.165, 1.54) is 0 Å². The molecule has 0 saturated heterocycles. The second-order valence-electron chi connectivity index (χ2n) is 5.22. The van der Waals surface area contributed by atoms with Crippen LogP contribution >= 0.6 is 0 Å². The Morgan fingerprint density at radius 3 is 2.48 bits per heavy atom. The smallest absolute Gasteiger partial charge is 0.242 e. The van der Waals surface area contributed by atoms with Crippen LogP contribution in [0.1, 0.15) is 19.8 Å². The van der Waals surface area contributed by atoms with Gasteiger partial charge in [0.1, 0.15) is 5.41 Å². The third kappa shape index (κ3) is 3.24. The monoisotopic (exact) mass is 290 g/mol. The molecule has 1 aromatic rings. The topological polar surface area (TPSA) is 58.6 Å². The van der Waals surface area contributed by atoms with Crippen LogP contribution in [0.5, 0.6) is 0 Å². The van der Waals surface area contributed by atoms with Gasteiger partial charge in [0, 0.05) is 25.9 Å². The molecule has 21 heavy (non-hydrogen) atoms. The number of rotatable bonds is 7. The number of para-hydroxylation sites is 1. The van der Waals surface area contributed by atoms with Gasteiger partial charge in [0.2, 0.25) is 11.8 Å². The van der Waals surface area contributed by atoms with E-state index >= 15 is 0 Å². The van der Waals surface area contributed by atoms with E-state index in [0.717, 1.165) is 5.69 Å². The first-order chi connectivity index (χ1) is 10.2. The van der Waals surface area contributed by atoms with Crippen molar-refractivity contribution in [1.82, 2.24) is 5.32 Å². The highest BCUT2D eigenvalue weighted by Crippen LogP contribution is 2.48. The van der Waals surface area contributed by atoms with Crippen LogP contribution in [0.15, 0.2) is 30.3 Å². The second kappa shape index (κ2) is 6.72. The predicted octanol–water partition coefficient (Wildman–Crippen LogP) is 1.58. The summed E-state index contributed by atoms with van der Waals surface area (Å²) >= 11 is 0. The minimum atomic E-state index is -0.875. The summed E-state index contributed by atoms with van der Waals surface area (Å²) in [5.74, 6) is -0.287. The van der Waals surface area contributed by atoms with E-state index in [0.29, 0.717) is 32.5 Å². The third-order valence-electron chi connectivity index (χ3n) is 3.82. The molecule has 114 valence electrons. The predicted molar refractivity (Wildman–Crippen MR) is 81.0 cm³/mol. The zero-order valence-electron chi connectivity index (χ0n) is 12.6. The Kier molecular flexibility index (Phi) is 4.96. The zero-order valence-corrected chi connectivity index (χ0v) is 12.6. The molecule has 0 atom stereocenters. The molecule has 0 bridgehead atoms. The Morgan fingerprint density at radius 1 is 1.29 bits per heavy atom. The number of nitrogens with one attached hydrogen (secondary N) is 1. The molecule has 1 aliphatic rings. The van der Waals surface area contributed by atoms with E-state index in [1.54, 1.807) is 12.0 Å². The van der Waals surface area contributed by atoms with Crippen LogP contribution in [0.2, 0.25) is 0 Å². The SMILES string of the molecule is CCN(C(=O)C1(C(=O)NCCOC)CC1)c1ccccc1. The molecule has 1 aliphatic carbocycles. The van der Waals surface area contributed by atoms with Gasteiger partial charge in [-0.05, 0) is 31.9 Å². The minimum absolute atomic E-state index is 0.105. The Hall–Kier alpha value is -1.88. The molecule has 0 heterocycles. The molecular weight excluding hydrogens is 268 g/mol. The average Bonchev–Trinajstić information content (AvgIpc) is 3.31. The number of carbonyl (C=O) groups is 2. The number of hydrogen-bond acceptors (Lipinski definition) is 3. The van der Waals surface area contributed by atoms with Gasteiger partial charge in [0.15, 0.2) is 0 Å². The highest BCUT2D eigenvalue weighted by atomic mass is 16.5. The molecule has 1 fully saturated rings. The number of amides is 2.